The van der Waals surface area contributed by atoms with Crippen molar-refractivity contribution in [2.24, 2.45) is 11.1 Å². The molecule has 2 rings (SSSR count). The van der Waals surface area contributed by atoms with Crippen molar-refractivity contribution in [1.29, 1.82) is 0 Å². The summed E-state index contributed by atoms with van der Waals surface area (Å²) >= 11 is 0. The number of hydrogen-bond acceptors (Lipinski definition) is 3. The lowest BCUT2D eigenvalue weighted by Crippen LogP contribution is -2.32. The number of benzene rings is 1. The smallest absolute Gasteiger partial charge is 0.108 e. The molecule has 0 aliphatic carbocycles. The quantitative estimate of drug-likeness (QED) is 0.692. The molecule has 1 aliphatic heterocycles. The van der Waals surface area contributed by atoms with Crippen LogP contribution in [0.5, 0.6) is 0 Å². The topological polar surface area (TPSA) is 32.7 Å². The summed E-state index contributed by atoms with van der Waals surface area (Å²) in [4.78, 5) is 12.6. The summed E-state index contributed by atoms with van der Waals surface area (Å²) in [5, 5.41) is 2.90. The highest BCUT2D eigenvalue weighted by Gasteiger charge is 2.15. The van der Waals surface area contributed by atoms with Crippen molar-refractivity contribution in [3.05, 3.63) is 29.2 Å². The van der Waals surface area contributed by atoms with Gasteiger partial charge in [0, 0.05) is 18.8 Å². The Balaban J connectivity index is 2.06. The lowest BCUT2D eigenvalue weighted by molar-refractivity contribution is 0.438. The summed E-state index contributed by atoms with van der Waals surface area (Å²) in [6, 6.07) is 7.51. The molecule has 80 valence electrons. The fourth-order valence-electron chi connectivity index (χ4n) is 1.99. The van der Waals surface area contributed by atoms with Gasteiger partial charge in [0.2, 0.25) is 0 Å². The van der Waals surface area contributed by atoms with Gasteiger partial charge in [-0.2, -0.15) is 0 Å². The Morgan fingerprint density at radius 2 is 1.80 bits per heavy atom. The number of piperidine rings is 1. The molecule has 3 nitrogen and oxygen atoms in total. The third-order valence-electron chi connectivity index (χ3n) is 3.10. The van der Waals surface area contributed by atoms with E-state index in [9.17, 15) is 4.91 Å². The average molecular weight is 204 g/mol. The number of nitrogens with zero attached hydrogens (tertiary/aromatic N) is 2. The molecule has 1 heterocycles. The van der Waals surface area contributed by atoms with Crippen LogP contribution in [0.3, 0.4) is 0 Å². The number of nitroso groups, excluding NO2 is 1. The van der Waals surface area contributed by atoms with Crippen molar-refractivity contribution in [1.82, 2.24) is 0 Å². The van der Waals surface area contributed by atoms with Gasteiger partial charge in [0.15, 0.2) is 0 Å². The number of hydrogen-bond donors (Lipinski definition) is 0. The van der Waals surface area contributed by atoms with Gasteiger partial charge in [-0.25, -0.2) is 0 Å². The van der Waals surface area contributed by atoms with E-state index >= 15 is 0 Å². The third-order valence-corrected chi connectivity index (χ3v) is 3.10. The van der Waals surface area contributed by atoms with E-state index in [2.05, 4.69) is 17.0 Å². The highest BCUT2D eigenvalue weighted by atomic mass is 16.3. The molecule has 0 bridgehead atoms. The fraction of sp³-hybridized carbons (Fsp3) is 0.500. The zero-order valence-electron chi connectivity index (χ0n) is 9.02. The Labute approximate surface area is 90.1 Å². The minimum absolute atomic E-state index is 0.504. The van der Waals surface area contributed by atoms with Gasteiger partial charge in [-0.15, -0.1) is 4.91 Å². The molecule has 1 aliphatic rings. The lowest BCUT2D eigenvalue weighted by Gasteiger charge is -2.32. The second-order valence-electron chi connectivity index (χ2n) is 4.28. The minimum atomic E-state index is 0.504. The fourth-order valence-corrected chi connectivity index (χ4v) is 1.99. The second-order valence-corrected chi connectivity index (χ2v) is 4.28. The number of anilines is 1. The van der Waals surface area contributed by atoms with Gasteiger partial charge >= 0.3 is 0 Å². The van der Waals surface area contributed by atoms with E-state index in [-0.39, 0.29) is 0 Å². The first-order chi connectivity index (χ1) is 7.29. The van der Waals surface area contributed by atoms with Crippen molar-refractivity contribution in [3.63, 3.8) is 0 Å². The van der Waals surface area contributed by atoms with Gasteiger partial charge in [0.05, 0.1) is 0 Å². The Morgan fingerprint density at radius 3 is 2.33 bits per heavy atom. The predicted octanol–water partition coefficient (Wildman–Crippen LogP) is 3.32. The summed E-state index contributed by atoms with van der Waals surface area (Å²) in [5.41, 5.74) is 1.71. The van der Waals surface area contributed by atoms with E-state index in [1.807, 2.05) is 12.1 Å². The van der Waals surface area contributed by atoms with Gasteiger partial charge in [0.25, 0.3) is 0 Å². The van der Waals surface area contributed by atoms with Crippen LogP contribution >= 0.6 is 0 Å². The molecule has 0 saturated carbocycles. The molecule has 0 unspecified atom stereocenters. The van der Waals surface area contributed by atoms with Gasteiger partial charge in [0.1, 0.15) is 5.69 Å². The molecule has 1 aromatic carbocycles. The second kappa shape index (κ2) is 4.43. The molecule has 0 aromatic heterocycles. The Kier molecular flexibility index (Phi) is 2.99. The van der Waals surface area contributed by atoms with Crippen molar-refractivity contribution in [2.45, 2.75) is 19.8 Å². The summed E-state index contributed by atoms with van der Waals surface area (Å²) in [6.45, 7) is 4.54. The minimum Gasteiger partial charge on any atom is -0.372 e. The molecule has 0 amide bonds. The normalized spacial score (nSPS) is 17.8. The largest absolute Gasteiger partial charge is 0.372 e. The van der Waals surface area contributed by atoms with E-state index in [0.717, 1.165) is 19.0 Å². The van der Waals surface area contributed by atoms with E-state index in [0.29, 0.717) is 5.69 Å². The van der Waals surface area contributed by atoms with Gasteiger partial charge in [-0.3, -0.25) is 0 Å². The molecule has 1 fully saturated rings. The standard InChI is InChI=1S/C12H16N2O/c1-10-6-8-14(9-7-10)12-4-2-11(13-15)3-5-12/h2-5,10H,6-9H2,1H3. The first-order valence-electron chi connectivity index (χ1n) is 5.48. The summed E-state index contributed by atoms with van der Waals surface area (Å²) < 4.78 is 0. The van der Waals surface area contributed by atoms with Crippen LogP contribution in [0.2, 0.25) is 0 Å². The van der Waals surface area contributed by atoms with Crippen LogP contribution in [0.25, 0.3) is 0 Å². The Morgan fingerprint density at radius 1 is 1.20 bits per heavy atom. The van der Waals surface area contributed by atoms with Crippen LogP contribution in [0.4, 0.5) is 11.4 Å². The summed E-state index contributed by atoms with van der Waals surface area (Å²) in [7, 11) is 0. The van der Waals surface area contributed by atoms with E-state index in [4.69, 9.17) is 0 Å². The maximum Gasteiger partial charge on any atom is 0.108 e. The molecular weight excluding hydrogens is 188 g/mol. The monoisotopic (exact) mass is 204 g/mol. The SMILES string of the molecule is CC1CCN(c2ccc(N=O)cc2)CC1. The molecule has 3 heteroatoms. The van der Waals surface area contributed by atoms with Crippen molar-refractivity contribution >= 4 is 11.4 Å². The third kappa shape index (κ3) is 2.35. The van der Waals surface area contributed by atoms with Gasteiger partial charge in [-0.05, 0) is 48.2 Å². The molecule has 1 aromatic rings. The van der Waals surface area contributed by atoms with E-state index in [1.54, 1.807) is 12.1 Å². The van der Waals surface area contributed by atoms with Crippen LogP contribution in [0, 0.1) is 10.8 Å². The average Bonchev–Trinajstić information content (AvgIpc) is 2.30. The molecule has 0 atom stereocenters. The molecule has 0 spiro atoms. The van der Waals surface area contributed by atoms with Crippen molar-refractivity contribution < 1.29 is 0 Å². The van der Waals surface area contributed by atoms with Crippen molar-refractivity contribution in [3.8, 4) is 0 Å². The van der Waals surface area contributed by atoms with Crippen LogP contribution < -0.4 is 4.90 Å². The van der Waals surface area contributed by atoms with Crippen molar-refractivity contribution in [2.75, 3.05) is 18.0 Å². The molecular formula is C12H16N2O. The van der Waals surface area contributed by atoms with Crippen LogP contribution in [0.1, 0.15) is 19.8 Å². The molecule has 1 saturated heterocycles. The van der Waals surface area contributed by atoms with Crippen LogP contribution in [-0.2, 0) is 0 Å². The van der Waals surface area contributed by atoms with E-state index in [1.165, 1.54) is 18.5 Å². The highest BCUT2D eigenvalue weighted by molar-refractivity contribution is 5.52. The summed E-state index contributed by atoms with van der Waals surface area (Å²) in [5.74, 6) is 0.845. The van der Waals surface area contributed by atoms with Crippen LogP contribution in [-0.4, -0.2) is 13.1 Å². The lowest BCUT2D eigenvalue weighted by atomic mass is 9.99. The molecule has 15 heavy (non-hydrogen) atoms. The number of rotatable bonds is 2. The molecule has 0 N–H and O–H groups in total. The van der Waals surface area contributed by atoms with Gasteiger partial charge in [-0.1, -0.05) is 6.92 Å². The first-order valence-corrected chi connectivity index (χ1v) is 5.48. The summed E-state index contributed by atoms with van der Waals surface area (Å²) in [6.07, 6.45) is 2.52. The van der Waals surface area contributed by atoms with Crippen LogP contribution in [0.15, 0.2) is 29.4 Å². The van der Waals surface area contributed by atoms with Gasteiger partial charge < -0.3 is 4.90 Å². The Hall–Kier alpha value is -1.38. The highest BCUT2D eigenvalue weighted by Crippen LogP contribution is 2.24. The molecule has 0 radical (unpaired) electrons. The zero-order chi connectivity index (χ0) is 10.7. The Bertz CT molecular complexity index is 326. The predicted molar refractivity (Wildman–Crippen MR) is 62.5 cm³/mol. The van der Waals surface area contributed by atoms with E-state index < -0.39 is 0 Å². The maximum absolute atomic E-state index is 10.3. The zero-order valence-corrected chi connectivity index (χ0v) is 9.02. The first kappa shape index (κ1) is 10.1. The maximum atomic E-state index is 10.3.